The number of carbonyl (C=O) groups excluding carboxylic acids is 2. The number of hydrogen-bond donors (Lipinski definition) is 2. The monoisotopic (exact) mass is 387 g/mol. The van der Waals surface area contributed by atoms with E-state index in [1.807, 2.05) is 42.5 Å². The molecule has 0 bridgehead atoms. The summed E-state index contributed by atoms with van der Waals surface area (Å²) in [6.07, 6.45) is 6.32. The summed E-state index contributed by atoms with van der Waals surface area (Å²) in [4.78, 5) is 28.2. The molecule has 29 heavy (non-hydrogen) atoms. The Morgan fingerprint density at radius 2 is 1.93 bits per heavy atom. The Morgan fingerprint density at radius 1 is 1.07 bits per heavy atom. The lowest BCUT2D eigenvalue weighted by Gasteiger charge is -2.08. The second-order valence-corrected chi connectivity index (χ2v) is 6.22. The Balaban J connectivity index is 1.55. The summed E-state index contributed by atoms with van der Waals surface area (Å²) in [5, 5.41) is 5.66. The Hall–Kier alpha value is -3.93. The first kappa shape index (κ1) is 19.8. The van der Waals surface area contributed by atoms with Crippen LogP contribution < -0.4 is 15.4 Å². The maximum Gasteiger partial charge on any atom is 0.257 e. The fraction of sp³-hybridized carbons (Fsp3) is 0.0870. The highest BCUT2D eigenvalue weighted by Crippen LogP contribution is 2.14. The molecule has 0 saturated carbocycles. The second kappa shape index (κ2) is 9.85. The van der Waals surface area contributed by atoms with Crippen molar-refractivity contribution in [2.45, 2.75) is 6.54 Å². The Morgan fingerprint density at radius 3 is 2.72 bits per heavy atom. The lowest BCUT2D eigenvalue weighted by Crippen LogP contribution is -2.20. The normalized spacial score (nSPS) is 10.5. The number of amides is 2. The molecule has 1 aromatic heterocycles. The van der Waals surface area contributed by atoms with Crippen molar-refractivity contribution in [3.05, 3.63) is 95.8 Å². The molecule has 0 spiro atoms. The highest BCUT2D eigenvalue weighted by molar-refractivity contribution is 6.04. The van der Waals surface area contributed by atoms with Gasteiger partial charge in [-0.2, -0.15) is 0 Å². The first-order chi connectivity index (χ1) is 14.1. The number of nitrogens with one attached hydrogen (secondary N) is 2. The molecule has 0 atom stereocenters. The molecule has 2 aromatic carbocycles. The van der Waals surface area contributed by atoms with E-state index in [0.29, 0.717) is 17.8 Å². The molecule has 0 radical (unpaired) electrons. The number of pyridine rings is 1. The molecular weight excluding hydrogens is 366 g/mol. The molecule has 0 aliphatic rings. The Labute approximate surface area is 169 Å². The van der Waals surface area contributed by atoms with Gasteiger partial charge in [-0.3, -0.25) is 14.6 Å². The molecule has 0 aliphatic heterocycles. The average molecular weight is 387 g/mol. The van der Waals surface area contributed by atoms with Crippen LogP contribution in [0.2, 0.25) is 0 Å². The van der Waals surface area contributed by atoms with Crippen molar-refractivity contribution in [1.29, 1.82) is 0 Å². The zero-order valence-electron chi connectivity index (χ0n) is 16.0. The zero-order valence-corrected chi connectivity index (χ0v) is 16.0. The minimum Gasteiger partial charge on any atom is -0.497 e. The molecule has 0 unspecified atom stereocenters. The maximum atomic E-state index is 12.2. The molecule has 6 nitrogen and oxygen atoms in total. The lowest BCUT2D eigenvalue weighted by molar-refractivity contribution is -0.116. The summed E-state index contributed by atoms with van der Waals surface area (Å²) in [7, 11) is 1.60. The van der Waals surface area contributed by atoms with Gasteiger partial charge >= 0.3 is 0 Å². The number of methoxy groups -OCH3 is 1. The quantitative estimate of drug-likeness (QED) is 0.606. The molecule has 0 aliphatic carbocycles. The van der Waals surface area contributed by atoms with Crippen molar-refractivity contribution < 1.29 is 14.3 Å². The standard InChI is InChI=1S/C23H21N3O3/c1-29-21-9-3-5-17(14-21)10-11-22(27)25-15-18-6-2-8-20(13-18)26-23(28)19-7-4-12-24-16-19/h2-14,16H,15H2,1H3,(H,25,27)(H,26,28)/b11-10+. The summed E-state index contributed by atoms with van der Waals surface area (Å²) < 4.78 is 5.17. The average Bonchev–Trinajstić information content (AvgIpc) is 2.77. The third-order valence-electron chi connectivity index (χ3n) is 4.10. The van der Waals surface area contributed by atoms with E-state index in [4.69, 9.17) is 4.74 Å². The van der Waals surface area contributed by atoms with Crippen molar-refractivity contribution in [1.82, 2.24) is 10.3 Å². The smallest absolute Gasteiger partial charge is 0.257 e. The van der Waals surface area contributed by atoms with Crippen LogP contribution >= 0.6 is 0 Å². The van der Waals surface area contributed by atoms with E-state index in [2.05, 4.69) is 15.6 Å². The van der Waals surface area contributed by atoms with Crippen molar-refractivity contribution in [3.63, 3.8) is 0 Å². The van der Waals surface area contributed by atoms with Crippen molar-refractivity contribution >= 4 is 23.6 Å². The molecule has 0 fully saturated rings. The molecular formula is C23H21N3O3. The first-order valence-corrected chi connectivity index (χ1v) is 9.04. The molecule has 0 saturated heterocycles. The van der Waals surface area contributed by atoms with Crippen LogP contribution in [0, 0.1) is 0 Å². The van der Waals surface area contributed by atoms with Crippen LogP contribution in [0.5, 0.6) is 5.75 Å². The number of ether oxygens (including phenoxy) is 1. The van der Waals surface area contributed by atoms with Gasteiger partial charge in [0.25, 0.3) is 5.91 Å². The maximum absolute atomic E-state index is 12.2. The SMILES string of the molecule is COc1cccc(/C=C/C(=O)NCc2cccc(NC(=O)c3cccnc3)c2)c1. The van der Waals surface area contributed by atoms with E-state index in [1.165, 1.54) is 12.3 Å². The van der Waals surface area contributed by atoms with Gasteiger partial charge in [0.05, 0.1) is 12.7 Å². The number of carbonyl (C=O) groups is 2. The Kier molecular flexibility index (Phi) is 6.73. The number of rotatable bonds is 7. The third kappa shape index (κ3) is 6.04. The van der Waals surface area contributed by atoms with Crippen LogP contribution in [0.1, 0.15) is 21.5 Å². The van der Waals surface area contributed by atoms with Crippen molar-refractivity contribution in [2.24, 2.45) is 0 Å². The first-order valence-electron chi connectivity index (χ1n) is 9.04. The summed E-state index contributed by atoms with van der Waals surface area (Å²) in [5.41, 5.74) is 2.88. The molecule has 6 heteroatoms. The number of aromatic nitrogens is 1. The van der Waals surface area contributed by atoms with Gasteiger partial charge in [-0.15, -0.1) is 0 Å². The molecule has 3 rings (SSSR count). The second-order valence-electron chi connectivity index (χ2n) is 6.22. The summed E-state index contributed by atoms with van der Waals surface area (Å²) >= 11 is 0. The van der Waals surface area contributed by atoms with E-state index in [1.54, 1.807) is 37.6 Å². The van der Waals surface area contributed by atoms with E-state index in [-0.39, 0.29) is 11.8 Å². The number of anilines is 1. The van der Waals surface area contributed by atoms with Crippen LogP contribution in [0.4, 0.5) is 5.69 Å². The highest BCUT2D eigenvalue weighted by Gasteiger charge is 2.06. The van der Waals surface area contributed by atoms with E-state index in [0.717, 1.165) is 16.9 Å². The zero-order chi connectivity index (χ0) is 20.5. The van der Waals surface area contributed by atoms with Crippen LogP contribution in [-0.2, 0) is 11.3 Å². The summed E-state index contributed by atoms with van der Waals surface area (Å²) in [6.45, 7) is 0.345. The third-order valence-corrected chi connectivity index (χ3v) is 4.10. The molecule has 1 heterocycles. The summed E-state index contributed by atoms with van der Waals surface area (Å²) in [6, 6.07) is 18.2. The van der Waals surface area contributed by atoms with Gasteiger partial charge in [-0.1, -0.05) is 24.3 Å². The lowest BCUT2D eigenvalue weighted by atomic mass is 10.2. The molecule has 3 aromatic rings. The fourth-order valence-corrected chi connectivity index (χ4v) is 2.62. The molecule has 2 amide bonds. The van der Waals surface area contributed by atoms with Crippen LogP contribution in [0.25, 0.3) is 6.08 Å². The van der Waals surface area contributed by atoms with Crippen LogP contribution in [-0.4, -0.2) is 23.9 Å². The van der Waals surface area contributed by atoms with Gasteiger partial charge < -0.3 is 15.4 Å². The van der Waals surface area contributed by atoms with Crippen molar-refractivity contribution in [3.8, 4) is 5.75 Å². The predicted octanol–water partition coefficient (Wildman–Crippen LogP) is 3.67. The topological polar surface area (TPSA) is 80.3 Å². The van der Waals surface area contributed by atoms with E-state index >= 15 is 0 Å². The van der Waals surface area contributed by atoms with Crippen LogP contribution in [0.15, 0.2) is 79.1 Å². The van der Waals surface area contributed by atoms with Gasteiger partial charge in [0.1, 0.15) is 5.75 Å². The van der Waals surface area contributed by atoms with Gasteiger partial charge in [-0.05, 0) is 53.6 Å². The predicted molar refractivity (Wildman–Crippen MR) is 113 cm³/mol. The van der Waals surface area contributed by atoms with Gasteiger partial charge in [-0.25, -0.2) is 0 Å². The van der Waals surface area contributed by atoms with Gasteiger partial charge in [0.15, 0.2) is 0 Å². The minimum absolute atomic E-state index is 0.211. The number of nitrogens with zero attached hydrogens (tertiary/aromatic N) is 1. The van der Waals surface area contributed by atoms with Gasteiger partial charge in [0, 0.05) is 30.7 Å². The van der Waals surface area contributed by atoms with Crippen LogP contribution in [0.3, 0.4) is 0 Å². The largest absolute Gasteiger partial charge is 0.497 e. The number of hydrogen-bond acceptors (Lipinski definition) is 4. The summed E-state index contributed by atoms with van der Waals surface area (Å²) in [5.74, 6) is 0.288. The van der Waals surface area contributed by atoms with Crippen molar-refractivity contribution in [2.75, 3.05) is 12.4 Å². The van der Waals surface area contributed by atoms with Gasteiger partial charge in [0.2, 0.25) is 5.91 Å². The molecule has 2 N–H and O–H groups in total. The van der Waals surface area contributed by atoms with E-state index in [9.17, 15) is 9.59 Å². The number of benzene rings is 2. The Bertz CT molecular complexity index is 1020. The highest BCUT2D eigenvalue weighted by atomic mass is 16.5. The van der Waals surface area contributed by atoms with E-state index < -0.39 is 0 Å². The molecule has 146 valence electrons. The minimum atomic E-state index is -0.236. The fourth-order valence-electron chi connectivity index (χ4n) is 2.62.